The van der Waals surface area contributed by atoms with E-state index in [-0.39, 0.29) is 22.5 Å². The minimum absolute atomic E-state index is 0.199. The van der Waals surface area contributed by atoms with Crippen LogP contribution in [0.2, 0.25) is 0 Å². The van der Waals surface area contributed by atoms with E-state index in [1.165, 1.54) is 12.1 Å². The minimum atomic E-state index is -1.33. The topological polar surface area (TPSA) is 107 Å². The molecule has 1 saturated carbocycles. The van der Waals surface area contributed by atoms with E-state index in [9.17, 15) is 24.5 Å². The van der Waals surface area contributed by atoms with E-state index in [0.717, 1.165) is 18.4 Å². The van der Waals surface area contributed by atoms with Gasteiger partial charge in [0.2, 0.25) is 5.54 Å². The number of carbonyl (C=O) groups excluding carboxylic acids is 3. The van der Waals surface area contributed by atoms with Crippen molar-refractivity contribution in [1.29, 1.82) is 0 Å². The van der Waals surface area contributed by atoms with Crippen molar-refractivity contribution in [2.45, 2.75) is 50.1 Å². The first-order valence-corrected chi connectivity index (χ1v) is 8.60. The number of amides is 2. The van der Waals surface area contributed by atoms with Crippen LogP contribution in [0, 0.1) is 10.1 Å². The number of esters is 1. The molecule has 0 aromatic heterocycles. The van der Waals surface area contributed by atoms with Crippen molar-refractivity contribution >= 4 is 17.8 Å². The van der Waals surface area contributed by atoms with Crippen LogP contribution in [0.3, 0.4) is 0 Å². The Morgan fingerprint density at radius 1 is 1.19 bits per heavy atom. The summed E-state index contributed by atoms with van der Waals surface area (Å²) in [6.07, 6.45) is 2.66. The molecule has 26 heavy (non-hydrogen) atoms. The summed E-state index contributed by atoms with van der Waals surface area (Å²) < 4.78 is 4.78. The SMILES string of the molecule is COC(=O)C(CC1([N+](=O)[O-])CCCCC1)N1C(=O)c2ccccc2C1=O. The lowest BCUT2D eigenvalue weighted by molar-refractivity contribution is -0.576. The van der Waals surface area contributed by atoms with Crippen molar-refractivity contribution in [3.63, 3.8) is 0 Å². The van der Waals surface area contributed by atoms with Gasteiger partial charge in [0, 0.05) is 24.2 Å². The van der Waals surface area contributed by atoms with E-state index in [4.69, 9.17) is 4.74 Å². The molecule has 8 heteroatoms. The molecule has 0 spiro atoms. The van der Waals surface area contributed by atoms with Gasteiger partial charge in [0.15, 0.2) is 0 Å². The highest BCUT2D eigenvalue weighted by molar-refractivity contribution is 6.22. The first-order chi connectivity index (χ1) is 12.4. The summed E-state index contributed by atoms with van der Waals surface area (Å²) >= 11 is 0. The third-order valence-electron chi connectivity index (χ3n) is 5.36. The Balaban J connectivity index is 1.97. The summed E-state index contributed by atoms with van der Waals surface area (Å²) in [4.78, 5) is 50.1. The van der Waals surface area contributed by atoms with Crippen molar-refractivity contribution in [1.82, 2.24) is 4.90 Å². The van der Waals surface area contributed by atoms with Crippen LogP contribution < -0.4 is 0 Å². The zero-order valence-electron chi connectivity index (χ0n) is 14.5. The Labute approximate surface area is 150 Å². The maximum atomic E-state index is 12.7. The van der Waals surface area contributed by atoms with Gasteiger partial charge >= 0.3 is 5.97 Å². The molecule has 1 aromatic carbocycles. The predicted molar refractivity (Wildman–Crippen MR) is 90.2 cm³/mol. The fraction of sp³-hybridized carbons (Fsp3) is 0.500. The number of imide groups is 1. The number of nitro groups is 1. The standard InChI is InChI=1S/C18H20N2O6/c1-26-17(23)14(11-18(20(24)25)9-5-2-6-10-18)19-15(21)12-7-3-4-8-13(12)16(19)22/h3-4,7-8,14H,2,5-6,9-11H2,1H3. The van der Waals surface area contributed by atoms with Gasteiger partial charge < -0.3 is 4.74 Å². The molecule has 1 atom stereocenters. The van der Waals surface area contributed by atoms with Crippen molar-refractivity contribution in [2.75, 3.05) is 7.11 Å². The molecule has 0 saturated heterocycles. The zero-order valence-corrected chi connectivity index (χ0v) is 14.5. The van der Waals surface area contributed by atoms with Crippen molar-refractivity contribution in [3.05, 3.63) is 45.5 Å². The third kappa shape index (κ3) is 2.85. The maximum Gasteiger partial charge on any atom is 0.329 e. The van der Waals surface area contributed by atoms with Crippen molar-refractivity contribution in [3.8, 4) is 0 Å². The van der Waals surface area contributed by atoms with E-state index in [2.05, 4.69) is 0 Å². The largest absolute Gasteiger partial charge is 0.467 e. The van der Waals surface area contributed by atoms with Gasteiger partial charge in [-0.3, -0.25) is 24.6 Å². The van der Waals surface area contributed by atoms with Gasteiger partial charge in [-0.05, 0) is 25.0 Å². The second-order valence-corrected chi connectivity index (χ2v) is 6.81. The summed E-state index contributed by atoms with van der Waals surface area (Å²) in [5.41, 5.74) is -0.928. The van der Waals surface area contributed by atoms with Crippen LogP contribution in [0.25, 0.3) is 0 Å². The predicted octanol–water partition coefficient (Wildman–Crippen LogP) is 2.19. The lowest BCUT2D eigenvalue weighted by Crippen LogP contribution is -2.52. The maximum absolute atomic E-state index is 12.7. The molecule has 0 N–H and O–H groups in total. The van der Waals surface area contributed by atoms with E-state index in [0.29, 0.717) is 25.7 Å². The van der Waals surface area contributed by atoms with E-state index in [1.807, 2.05) is 0 Å². The van der Waals surface area contributed by atoms with Crippen LogP contribution in [-0.4, -0.2) is 46.3 Å². The van der Waals surface area contributed by atoms with Crippen LogP contribution in [0.5, 0.6) is 0 Å². The Morgan fingerprint density at radius 2 is 1.73 bits per heavy atom. The number of rotatable bonds is 5. The molecule has 1 fully saturated rings. The number of ether oxygens (including phenoxy) is 1. The highest BCUT2D eigenvalue weighted by Crippen LogP contribution is 2.37. The van der Waals surface area contributed by atoms with E-state index < -0.39 is 29.4 Å². The third-order valence-corrected chi connectivity index (χ3v) is 5.36. The van der Waals surface area contributed by atoms with Crippen LogP contribution in [0.15, 0.2) is 24.3 Å². The highest BCUT2D eigenvalue weighted by atomic mass is 16.6. The molecule has 8 nitrogen and oxygen atoms in total. The van der Waals surface area contributed by atoms with Crippen molar-refractivity contribution < 1.29 is 24.0 Å². The normalized spacial score (nSPS) is 19.8. The smallest absolute Gasteiger partial charge is 0.329 e. The lowest BCUT2D eigenvalue weighted by atomic mass is 9.77. The molecule has 1 aliphatic carbocycles. The van der Waals surface area contributed by atoms with Gasteiger partial charge in [-0.15, -0.1) is 0 Å². The Hall–Kier alpha value is -2.77. The average molecular weight is 360 g/mol. The van der Waals surface area contributed by atoms with E-state index >= 15 is 0 Å². The Bertz CT molecular complexity index is 734. The van der Waals surface area contributed by atoms with Crippen LogP contribution in [0.4, 0.5) is 0 Å². The molecule has 138 valence electrons. The zero-order chi connectivity index (χ0) is 18.9. The monoisotopic (exact) mass is 360 g/mol. The first-order valence-electron chi connectivity index (χ1n) is 8.60. The van der Waals surface area contributed by atoms with Crippen molar-refractivity contribution in [2.24, 2.45) is 0 Å². The minimum Gasteiger partial charge on any atom is -0.467 e. The summed E-state index contributed by atoms with van der Waals surface area (Å²) in [5, 5.41) is 11.8. The molecule has 1 unspecified atom stereocenters. The molecular weight excluding hydrogens is 340 g/mol. The first kappa shape index (κ1) is 18.0. The number of hydrogen-bond acceptors (Lipinski definition) is 6. The molecule has 1 heterocycles. The fourth-order valence-electron chi connectivity index (χ4n) is 3.94. The highest BCUT2D eigenvalue weighted by Gasteiger charge is 2.52. The quantitative estimate of drug-likeness (QED) is 0.345. The molecule has 3 rings (SSSR count). The second-order valence-electron chi connectivity index (χ2n) is 6.81. The van der Waals surface area contributed by atoms with E-state index in [1.54, 1.807) is 12.1 Å². The molecule has 0 radical (unpaired) electrons. The van der Waals surface area contributed by atoms with Gasteiger partial charge in [-0.25, -0.2) is 4.79 Å². The Kier molecular flexibility index (Phi) is 4.76. The molecule has 1 aliphatic heterocycles. The number of benzene rings is 1. The van der Waals surface area contributed by atoms with Crippen LogP contribution in [0.1, 0.15) is 59.2 Å². The van der Waals surface area contributed by atoms with Crippen LogP contribution in [-0.2, 0) is 9.53 Å². The summed E-state index contributed by atoms with van der Waals surface area (Å²) in [6.45, 7) is 0. The number of methoxy groups -OCH3 is 1. The van der Waals surface area contributed by atoms with Gasteiger partial charge in [0.25, 0.3) is 11.8 Å². The van der Waals surface area contributed by atoms with Gasteiger partial charge in [0.1, 0.15) is 6.04 Å². The summed E-state index contributed by atoms with van der Waals surface area (Å²) in [5.74, 6) is -2.04. The van der Waals surface area contributed by atoms with Gasteiger partial charge in [-0.2, -0.15) is 0 Å². The second kappa shape index (κ2) is 6.86. The molecular formula is C18H20N2O6. The average Bonchev–Trinajstić information content (AvgIpc) is 2.91. The molecule has 2 amide bonds. The Morgan fingerprint density at radius 3 is 2.19 bits per heavy atom. The number of nitrogens with zero attached hydrogens (tertiary/aromatic N) is 2. The molecule has 0 bridgehead atoms. The number of fused-ring (bicyclic) bond motifs is 1. The number of carbonyl (C=O) groups is 3. The molecule has 1 aromatic rings. The van der Waals surface area contributed by atoms with Gasteiger partial charge in [-0.1, -0.05) is 18.6 Å². The lowest BCUT2D eigenvalue weighted by Gasteiger charge is -2.33. The summed E-state index contributed by atoms with van der Waals surface area (Å²) in [7, 11) is 1.15. The van der Waals surface area contributed by atoms with Gasteiger partial charge in [0.05, 0.1) is 18.2 Å². The van der Waals surface area contributed by atoms with Crippen LogP contribution >= 0.6 is 0 Å². The molecule has 2 aliphatic rings. The fourth-order valence-corrected chi connectivity index (χ4v) is 3.94. The summed E-state index contributed by atoms with van der Waals surface area (Å²) in [6, 6.07) is 4.96. The number of hydrogen-bond donors (Lipinski definition) is 0.